The van der Waals surface area contributed by atoms with Crippen LogP contribution in [0.2, 0.25) is 10.0 Å². The summed E-state index contributed by atoms with van der Waals surface area (Å²) in [6, 6.07) is 10.3. The molecule has 0 saturated heterocycles. The molecule has 0 heterocycles. The number of carbonyl (C=O) groups is 2. The molecule has 0 bridgehead atoms. The van der Waals surface area contributed by atoms with Gasteiger partial charge in [-0.2, -0.15) is 0 Å². The van der Waals surface area contributed by atoms with Gasteiger partial charge in [0.2, 0.25) is 5.91 Å². The number of ether oxygens (including phenoxy) is 1. The van der Waals surface area contributed by atoms with Crippen LogP contribution >= 0.6 is 23.2 Å². The van der Waals surface area contributed by atoms with Gasteiger partial charge in [0.1, 0.15) is 6.04 Å². The summed E-state index contributed by atoms with van der Waals surface area (Å²) in [5.41, 5.74) is 0.657. The van der Waals surface area contributed by atoms with Gasteiger partial charge in [-0.15, -0.1) is 0 Å². The van der Waals surface area contributed by atoms with Gasteiger partial charge in [-0.05, 0) is 49.1 Å². The van der Waals surface area contributed by atoms with E-state index >= 15 is 0 Å². The molecule has 0 spiro atoms. The van der Waals surface area contributed by atoms with Crippen LogP contribution in [0, 0.1) is 5.82 Å². The second-order valence-electron chi connectivity index (χ2n) is 8.24. The Bertz CT molecular complexity index is 966. The molecular formula is C25H29Cl2FN2O3. The fourth-order valence-corrected chi connectivity index (χ4v) is 4.55. The van der Waals surface area contributed by atoms with Crippen molar-refractivity contribution < 1.29 is 18.7 Å². The smallest absolute Gasteiger partial charge is 0.261 e. The SMILES string of the molecule is CC[C@@H](C(=O)NC1CCCCC1)N(Cc1ccc(Cl)cc1Cl)C(=O)COc1ccccc1F. The fourth-order valence-electron chi connectivity index (χ4n) is 4.08. The number of hydrogen-bond acceptors (Lipinski definition) is 3. The van der Waals surface area contributed by atoms with Crippen molar-refractivity contribution in [1.29, 1.82) is 0 Å². The van der Waals surface area contributed by atoms with Crippen molar-refractivity contribution >= 4 is 35.0 Å². The summed E-state index contributed by atoms with van der Waals surface area (Å²) < 4.78 is 19.4. The van der Waals surface area contributed by atoms with Crippen molar-refractivity contribution in [2.45, 2.75) is 64.1 Å². The first-order valence-corrected chi connectivity index (χ1v) is 12.1. The van der Waals surface area contributed by atoms with Crippen LogP contribution in [0.3, 0.4) is 0 Å². The molecule has 2 aromatic rings. The molecule has 1 N–H and O–H groups in total. The highest BCUT2D eigenvalue weighted by Gasteiger charge is 2.31. The Labute approximate surface area is 204 Å². The minimum Gasteiger partial charge on any atom is -0.481 e. The summed E-state index contributed by atoms with van der Waals surface area (Å²) in [4.78, 5) is 27.9. The average Bonchev–Trinajstić information content (AvgIpc) is 2.80. The molecule has 0 aromatic heterocycles. The number of nitrogens with zero attached hydrogens (tertiary/aromatic N) is 1. The summed E-state index contributed by atoms with van der Waals surface area (Å²) in [6.07, 6.45) is 5.64. The Morgan fingerprint density at radius 1 is 1.15 bits per heavy atom. The molecule has 0 unspecified atom stereocenters. The number of benzene rings is 2. The summed E-state index contributed by atoms with van der Waals surface area (Å²) in [7, 11) is 0. The van der Waals surface area contributed by atoms with Gasteiger partial charge in [-0.3, -0.25) is 9.59 Å². The van der Waals surface area contributed by atoms with Crippen LogP contribution in [0.1, 0.15) is 51.0 Å². The molecule has 2 amide bonds. The van der Waals surface area contributed by atoms with E-state index in [4.69, 9.17) is 27.9 Å². The van der Waals surface area contributed by atoms with Crippen molar-refractivity contribution in [3.63, 3.8) is 0 Å². The third-order valence-electron chi connectivity index (χ3n) is 5.88. The zero-order valence-corrected chi connectivity index (χ0v) is 20.2. The van der Waals surface area contributed by atoms with Gasteiger partial charge in [0.15, 0.2) is 18.2 Å². The maximum Gasteiger partial charge on any atom is 0.261 e. The van der Waals surface area contributed by atoms with E-state index in [2.05, 4.69) is 5.32 Å². The van der Waals surface area contributed by atoms with Gasteiger partial charge in [0.05, 0.1) is 0 Å². The van der Waals surface area contributed by atoms with Crippen LogP contribution < -0.4 is 10.1 Å². The number of para-hydroxylation sites is 1. The molecule has 3 rings (SSSR count). The topological polar surface area (TPSA) is 58.6 Å². The lowest BCUT2D eigenvalue weighted by atomic mass is 9.95. The third-order valence-corrected chi connectivity index (χ3v) is 6.47. The molecule has 33 heavy (non-hydrogen) atoms. The fraction of sp³-hybridized carbons (Fsp3) is 0.440. The van der Waals surface area contributed by atoms with Crippen molar-refractivity contribution in [3.05, 3.63) is 63.9 Å². The Morgan fingerprint density at radius 3 is 2.55 bits per heavy atom. The molecule has 1 fully saturated rings. The van der Waals surface area contributed by atoms with Gasteiger partial charge in [0, 0.05) is 22.6 Å². The van der Waals surface area contributed by atoms with Crippen LogP contribution in [0.15, 0.2) is 42.5 Å². The van der Waals surface area contributed by atoms with Crippen LogP contribution in [-0.4, -0.2) is 35.4 Å². The van der Waals surface area contributed by atoms with Crippen LogP contribution in [0.5, 0.6) is 5.75 Å². The number of carbonyl (C=O) groups excluding carboxylic acids is 2. The Hall–Kier alpha value is -2.31. The predicted octanol–water partition coefficient (Wildman–Crippen LogP) is 5.77. The van der Waals surface area contributed by atoms with Gasteiger partial charge in [-0.25, -0.2) is 4.39 Å². The zero-order chi connectivity index (χ0) is 23.8. The highest BCUT2D eigenvalue weighted by Crippen LogP contribution is 2.25. The highest BCUT2D eigenvalue weighted by atomic mass is 35.5. The van der Waals surface area contributed by atoms with E-state index in [1.807, 2.05) is 6.92 Å². The molecule has 1 atom stereocenters. The Balaban J connectivity index is 1.79. The minimum atomic E-state index is -0.713. The van der Waals surface area contributed by atoms with E-state index in [0.29, 0.717) is 22.0 Å². The second-order valence-corrected chi connectivity index (χ2v) is 9.09. The zero-order valence-electron chi connectivity index (χ0n) is 18.7. The van der Waals surface area contributed by atoms with Crippen molar-refractivity contribution in [2.24, 2.45) is 0 Å². The number of hydrogen-bond donors (Lipinski definition) is 1. The number of rotatable bonds is 9. The summed E-state index contributed by atoms with van der Waals surface area (Å²) >= 11 is 12.4. The van der Waals surface area contributed by atoms with Crippen molar-refractivity contribution in [1.82, 2.24) is 10.2 Å². The highest BCUT2D eigenvalue weighted by molar-refractivity contribution is 6.35. The van der Waals surface area contributed by atoms with Gasteiger partial charge >= 0.3 is 0 Å². The van der Waals surface area contributed by atoms with Gasteiger partial charge < -0.3 is 15.0 Å². The Morgan fingerprint density at radius 2 is 1.88 bits per heavy atom. The molecule has 178 valence electrons. The first-order valence-electron chi connectivity index (χ1n) is 11.3. The molecule has 2 aromatic carbocycles. The first-order chi connectivity index (χ1) is 15.9. The lowest BCUT2D eigenvalue weighted by molar-refractivity contribution is -0.143. The standard InChI is InChI=1S/C25H29Cl2FN2O3/c1-2-22(25(32)29-19-8-4-3-5-9-19)30(15-17-12-13-18(26)14-20(17)27)24(31)16-33-23-11-7-6-10-21(23)28/h6-7,10-14,19,22H,2-5,8-9,15-16H2,1H3,(H,29,32)/t22-/m0/s1. The average molecular weight is 495 g/mol. The van der Waals surface area contributed by atoms with E-state index < -0.39 is 24.4 Å². The quantitative estimate of drug-likeness (QED) is 0.481. The summed E-state index contributed by atoms with van der Waals surface area (Å²) in [6.45, 7) is 1.55. The molecular weight excluding hydrogens is 466 g/mol. The molecule has 1 saturated carbocycles. The van der Waals surface area contributed by atoms with E-state index in [-0.39, 0.29) is 24.2 Å². The van der Waals surface area contributed by atoms with Crippen molar-refractivity contribution in [2.75, 3.05) is 6.61 Å². The van der Waals surface area contributed by atoms with Gasteiger partial charge in [-0.1, -0.05) is 67.6 Å². The maximum atomic E-state index is 13.9. The molecule has 1 aliphatic rings. The molecule has 0 radical (unpaired) electrons. The lowest BCUT2D eigenvalue weighted by Gasteiger charge is -2.33. The number of nitrogens with one attached hydrogen (secondary N) is 1. The minimum absolute atomic E-state index is 0.0185. The van der Waals surface area contributed by atoms with Gasteiger partial charge in [0.25, 0.3) is 5.91 Å². The normalized spacial score (nSPS) is 15.0. The van der Waals surface area contributed by atoms with E-state index in [0.717, 1.165) is 25.7 Å². The van der Waals surface area contributed by atoms with Crippen LogP contribution in [0.4, 0.5) is 4.39 Å². The summed E-state index contributed by atoms with van der Waals surface area (Å²) in [5.74, 6) is -1.21. The third kappa shape index (κ3) is 7.08. The summed E-state index contributed by atoms with van der Waals surface area (Å²) in [5, 5.41) is 3.99. The molecule has 8 heteroatoms. The number of amides is 2. The van der Waals surface area contributed by atoms with Crippen LogP contribution in [-0.2, 0) is 16.1 Å². The largest absolute Gasteiger partial charge is 0.481 e. The van der Waals surface area contributed by atoms with E-state index in [9.17, 15) is 14.0 Å². The van der Waals surface area contributed by atoms with E-state index in [1.165, 1.54) is 23.5 Å². The number of halogens is 3. The van der Waals surface area contributed by atoms with Crippen molar-refractivity contribution in [3.8, 4) is 5.75 Å². The first kappa shape index (κ1) is 25.3. The molecule has 1 aliphatic carbocycles. The maximum absolute atomic E-state index is 13.9. The predicted molar refractivity (Wildman–Crippen MR) is 128 cm³/mol. The monoisotopic (exact) mass is 494 g/mol. The lowest BCUT2D eigenvalue weighted by Crippen LogP contribution is -2.52. The Kier molecular flexibility index (Phi) is 9.39. The molecule has 5 nitrogen and oxygen atoms in total. The second kappa shape index (κ2) is 12.2. The van der Waals surface area contributed by atoms with E-state index in [1.54, 1.807) is 30.3 Å². The molecule has 0 aliphatic heterocycles. The van der Waals surface area contributed by atoms with Crippen LogP contribution in [0.25, 0.3) is 0 Å².